The normalized spacial score (nSPS) is 28.7. The molecule has 1 saturated heterocycles. The maximum Gasteiger partial charge on any atom is 0.132 e. The van der Waals surface area contributed by atoms with Gasteiger partial charge in [-0.05, 0) is 13.0 Å². The van der Waals surface area contributed by atoms with Crippen molar-refractivity contribution in [2.75, 3.05) is 6.61 Å². The van der Waals surface area contributed by atoms with E-state index in [4.69, 9.17) is 9.57 Å². The quantitative estimate of drug-likeness (QED) is 0.681. The van der Waals surface area contributed by atoms with E-state index >= 15 is 0 Å². The van der Waals surface area contributed by atoms with Gasteiger partial charge in [0.25, 0.3) is 0 Å². The van der Waals surface area contributed by atoms with Gasteiger partial charge in [0.1, 0.15) is 6.10 Å². The van der Waals surface area contributed by atoms with Crippen LogP contribution in [-0.2, 0) is 4.74 Å². The van der Waals surface area contributed by atoms with Crippen LogP contribution in [0.3, 0.4) is 0 Å². The van der Waals surface area contributed by atoms with Crippen molar-refractivity contribution < 1.29 is 9.57 Å². The molecule has 4 heteroatoms. The third kappa shape index (κ3) is 2.21. The second-order valence-corrected chi connectivity index (χ2v) is 3.34. The smallest absolute Gasteiger partial charge is 0.132 e. The molecule has 1 aliphatic rings. The van der Waals surface area contributed by atoms with Crippen LogP contribution in [0.15, 0.2) is 18.5 Å². The molecule has 4 nitrogen and oxygen atoms in total. The number of hydrogen-bond acceptors (Lipinski definition) is 3. The molecule has 1 aliphatic heterocycles. The molecule has 0 amide bonds. The average Bonchev–Trinajstić information content (AvgIpc) is 2.57. The molecule has 13 heavy (non-hydrogen) atoms. The summed E-state index contributed by atoms with van der Waals surface area (Å²) in [5.41, 5.74) is 0. The summed E-state index contributed by atoms with van der Waals surface area (Å²) >= 11 is 0. The van der Waals surface area contributed by atoms with E-state index in [-0.39, 0.29) is 6.10 Å². The summed E-state index contributed by atoms with van der Waals surface area (Å²) < 4.78 is 5.42. The lowest BCUT2D eigenvalue weighted by atomic mass is 10.1. The highest BCUT2D eigenvalue weighted by atomic mass is 16.7. The number of aromatic nitrogens is 2. The molecule has 0 N–H and O–H groups in total. The maximum absolute atomic E-state index is 5.59. The van der Waals surface area contributed by atoms with E-state index in [9.17, 15) is 0 Å². The Morgan fingerprint density at radius 1 is 1.62 bits per heavy atom. The van der Waals surface area contributed by atoms with Gasteiger partial charge in [-0.1, -0.05) is 0 Å². The van der Waals surface area contributed by atoms with Crippen molar-refractivity contribution in [1.82, 2.24) is 9.94 Å². The third-order valence-corrected chi connectivity index (χ3v) is 2.17. The molecule has 0 spiro atoms. The largest absolute Gasteiger partial charge is 0.393 e. The van der Waals surface area contributed by atoms with Gasteiger partial charge >= 0.3 is 0 Å². The summed E-state index contributed by atoms with van der Waals surface area (Å²) in [7, 11) is 0. The van der Waals surface area contributed by atoms with Gasteiger partial charge in [0.15, 0.2) is 0 Å². The zero-order valence-electron chi connectivity index (χ0n) is 7.72. The van der Waals surface area contributed by atoms with Crippen molar-refractivity contribution in [3.8, 4) is 0 Å². The number of rotatable bonds is 2. The Hall–Kier alpha value is -1.03. The van der Waals surface area contributed by atoms with Crippen molar-refractivity contribution >= 4 is 0 Å². The number of hydrogen-bond donors (Lipinski definition) is 0. The summed E-state index contributed by atoms with van der Waals surface area (Å²) in [5, 5.41) is 3.99. The molecule has 0 radical (unpaired) electrons. The van der Waals surface area contributed by atoms with Gasteiger partial charge in [-0.25, -0.2) is 0 Å². The van der Waals surface area contributed by atoms with Crippen molar-refractivity contribution in [2.45, 2.75) is 32.0 Å². The monoisotopic (exact) mass is 182 g/mol. The first-order valence-corrected chi connectivity index (χ1v) is 4.63. The van der Waals surface area contributed by atoms with Gasteiger partial charge in [-0.3, -0.25) is 0 Å². The lowest BCUT2D eigenvalue weighted by molar-refractivity contribution is -0.0781. The molecule has 0 aliphatic carbocycles. The van der Waals surface area contributed by atoms with Gasteiger partial charge in [-0.15, -0.1) is 9.94 Å². The Balaban J connectivity index is 1.87. The van der Waals surface area contributed by atoms with Crippen LogP contribution < -0.4 is 4.84 Å². The van der Waals surface area contributed by atoms with Gasteiger partial charge in [0.2, 0.25) is 0 Å². The first-order chi connectivity index (χ1) is 6.34. The zero-order valence-corrected chi connectivity index (χ0v) is 7.72. The summed E-state index contributed by atoms with van der Waals surface area (Å²) in [6.07, 6.45) is 5.95. The van der Waals surface area contributed by atoms with Crippen LogP contribution in [0.25, 0.3) is 0 Å². The summed E-state index contributed by atoms with van der Waals surface area (Å²) in [5.74, 6) is 0. The van der Waals surface area contributed by atoms with Crippen LogP contribution in [0, 0.1) is 0 Å². The number of ether oxygens (including phenoxy) is 1. The maximum atomic E-state index is 5.59. The Labute approximate surface area is 77.4 Å². The standard InChI is InChI=1S/C9H14N2O2/c1-8-7-9(3-6-12-8)13-11-5-2-4-10-11/h2,4-5,8-9H,3,6-7H2,1H3. The van der Waals surface area contributed by atoms with Crippen LogP contribution in [0.2, 0.25) is 0 Å². The first-order valence-electron chi connectivity index (χ1n) is 4.63. The second kappa shape index (κ2) is 3.79. The predicted molar refractivity (Wildman–Crippen MR) is 47.2 cm³/mol. The Kier molecular flexibility index (Phi) is 2.49. The fourth-order valence-electron chi connectivity index (χ4n) is 1.52. The fraction of sp³-hybridized carbons (Fsp3) is 0.667. The SMILES string of the molecule is CC1CC(On2cccn2)CCO1. The highest BCUT2D eigenvalue weighted by Crippen LogP contribution is 2.14. The van der Waals surface area contributed by atoms with E-state index in [1.807, 2.05) is 6.07 Å². The van der Waals surface area contributed by atoms with E-state index in [0.29, 0.717) is 6.10 Å². The molecule has 2 rings (SSSR count). The van der Waals surface area contributed by atoms with Crippen molar-refractivity contribution in [2.24, 2.45) is 0 Å². The van der Waals surface area contributed by atoms with Crippen molar-refractivity contribution in [3.63, 3.8) is 0 Å². The highest BCUT2D eigenvalue weighted by molar-refractivity contribution is 4.76. The van der Waals surface area contributed by atoms with Crippen LogP contribution in [-0.4, -0.2) is 28.8 Å². The summed E-state index contributed by atoms with van der Waals surface area (Å²) in [4.78, 5) is 7.11. The molecule has 1 aromatic rings. The minimum absolute atomic E-state index is 0.239. The molecule has 1 aromatic heterocycles. The van der Waals surface area contributed by atoms with E-state index < -0.39 is 0 Å². The number of nitrogens with zero attached hydrogens (tertiary/aromatic N) is 2. The van der Waals surface area contributed by atoms with E-state index in [1.54, 1.807) is 12.4 Å². The molecular weight excluding hydrogens is 168 g/mol. The topological polar surface area (TPSA) is 36.3 Å². The average molecular weight is 182 g/mol. The first kappa shape index (κ1) is 8.56. The predicted octanol–water partition coefficient (Wildman–Crippen LogP) is 0.879. The molecule has 2 unspecified atom stereocenters. The Bertz CT molecular complexity index is 248. The van der Waals surface area contributed by atoms with E-state index in [0.717, 1.165) is 19.4 Å². The van der Waals surface area contributed by atoms with E-state index in [1.165, 1.54) is 4.85 Å². The summed E-state index contributed by atoms with van der Waals surface area (Å²) in [6.45, 7) is 2.85. The van der Waals surface area contributed by atoms with Crippen LogP contribution >= 0.6 is 0 Å². The van der Waals surface area contributed by atoms with E-state index in [2.05, 4.69) is 12.0 Å². The molecule has 72 valence electrons. The lowest BCUT2D eigenvalue weighted by Crippen LogP contribution is -2.35. The van der Waals surface area contributed by atoms with Gasteiger partial charge in [-0.2, -0.15) is 0 Å². The van der Waals surface area contributed by atoms with Gasteiger partial charge in [0, 0.05) is 12.8 Å². The molecular formula is C9H14N2O2. The molecule has 2 heterocycles. The minimum Gasteiger partial charge on any atom is -0.393 e. The van der Waals surface area contributed by atoms with Crippen molar-refractivity contribution in [1.29, 1.82) is 0 Å². The molecule has 0 saturated carbocycles. The van der Waals surface area contributed by atoms with Gasteiger partial charge < -0.3 is 9.57 Å². The van der Waals surface area contributed by atoms with Crippen LogP contribution in [0.4, 0.5) is 0 Å². The molecule has 0 aromatic carbocycles. The van der Waals surface area contributed by atoms with Crippen molar-refractivity contribution in [3.05, 3.63) is 18.5 Å². The minimum atomic E-state index is 0.239. The van der Waals surface area contributed by atoms with Crippen LogP contribution in [0.5, 0.6) is 0 Å². The Morgan fingerprint density at radius 3 is 3.23 bits per heavy atom. The van der Waals surface area contributed by atoms with Gasteiger partial charge in [0.05, 0.1) is 25.1 Å². The Morgan fingerprint density at radius 2 is 2.54 bits per heavy atom. The summed E-state index contributed by atoms with van der Waals surface area (Å²) in [6, 6.07) is 1.85. The second-order valence-electron chi connectivity index (χ2n) is 3.34. The third-order valence-electron chi connectivity index (χ3n) is 2.17. The lowest BCUT2D eigenvalue weighted by Gasteiger charge is -2.26. The fourth-order valence-corrected chi connectivity index (χ4v) is 1.52. The highest BCUT2D eigenvalue weighted by Gasteiger charge is 2.21. The molecule has 1 fully saturated rings. The molecule has 2 atom stereocenters. The zero-order chi connectivity index (χ0) is 9.10. The van der Waals surface area contributed by atoms with Crippen LogP contribution in [0.1, 0.15) is 19.8 Å². The molecule has 0 bridgehead atoms.